The van der Waals surface area contributed by atoms with E-state index in [-0.39, 0.29) is 0 Å². The van der Waals surface area contributed by atoms with Crippen LogP contribution in [0.2, 0.25) is 0 Å². The maximum absolute atomic E-state index is 10.8. The summed E-state index contributed by atoms with van der Waals surface area (Å²) in [6, 6.07) is 0. The Morgan fingerprint density at radius 3 is 1.70 bits per heavy atom. The second kappa shape index (κ2) is 17.5. The monoisotopic (exact) mass is 288 g/mol. The maximum atomic E-state index is 10.8. The molecule has 0 saturated carbocycles. The van der Waals surface area contributed by atoms with Crippen LogP contribution in [0.4, 0.5) is 0 Å². The zero-order valence-corrected chi connectivity index (χ0v) is 16.0. The third-order valence-electron chi connectivity index (χ3n) is 3.79. The van der Waals surface area contributed by atoms with Crippen LogP contribution in [0.1, 0.15) is 96.8 Å². The molecule has 0 aliphatic carbocycles. The Morgan fingerprint density at radius 2 is 1.20 bits per heavy atom. The van der Waals surface area contributed by atoms with Crippen molar-refractivity contribution in [2.75, 3.05) is 0 Å². The van der Waals surface area contributed by atoms with E-state index < -0.39 is 0 Å². The van der Waals surface area contributed by atoms with Gasteiger partial charge in [-0.25, -0.2) is 0 Å². The third kappa shape index (κ3) is 18.4. The van der Waals surface area contributed by atoms with Crippen LogP contribution in [0.25, 0.3) is 0 Å². The van der Waals surface area contributed by atoms with Crippen molar-refractivity contribution in [3.63, 3.8) is 0 Å². The number of unbranched alkanes of at least 4 members (excludes halogenated alkanes) is 11. The van der Waals surface area contributed by atoms with Crippen molar-refractivity contribution in [3.05, 3.63) is 12.2 Å². The molecular weight excluding hydrogens is 255 g/mol. The molecule has 0 rings (SSSR count). The van der Waals surface area contributed by atoms with Crippen molar-refractivity contribution in [2.24, 2.45) is 0 Å². The van der Waals surface area contributed by atoms with Crippen LogP contribution in [0.3, 0.4) is 0 Å². The molecular formula is C18H33NaO. The van der Waals surface area contributed by atoms with Gasteiger partial charge in [-0.1, -0.05) is 39.0 Å². The van der Waals surface area contributed by atoms with E-state index >= 15 is 0 Å². The molecule has 0 aliphatic heterocycles. The second-order valence-corrected chi connectivity index (χ2v) is 7.15. The first kappa shape index (κ1) is 20.4. The Hall–Kier alpha value is 0.410. The molecule has 0 aromatic rings. The van der Waals surface area contributed by atoms with Gasteiger partial charge < -0.3 is 0 Å². The van der Waals surface area contributed by atoms with Crippen molar-refractivity contribution in [1.29, 1.82) is 0 Å². The number of carbonyl (C=O) groups excluding carboxylic acids is 1. The van der Waals surface area contributed by atoms with E-state index in [1.807, 2.05) is 0 Å². The number of carbonyl (C=O) groups is 1. The van der Waals surface area contributed by atoms with Crippen molar-refractivity contribution in [2.45, 2.75) is 96.8 Å². The molecule has 0 radical (unpaired) electrons. The number of hydrogen-bond acceptors (Lipinski definition) is 1. The first-order chi connectivity index (χ1) is 9.77. The van der Waals surface area contributed by atoms with Gasteiger partial charge >= 0.3 is 106 Å². The summed E-state index contributed by atoms with van der Waals surface area (Å²) in [5.41, 5.74) is 0. The standard InChI is InChI=1S/C18H33O.Na/c1-2-3-4-5-6-7-8-9-10-11-12-13-14-15-16-17-18-19;/h9-10H,2-8,11-17H2,1H3;/b10-9-;. The van der Waals surface area contributed by atoms with Crippen molar-refractivity contribution < 1.29 is 4.79 Å². The van der Waals surface area contributed by atoms with E-state index in [2.05, 4.69) is 19.1 Å². The van der Waals surface area contributed by atoms with Crippen LogP contribution < -0.4 is 0 Å². The van der Waals surface area contributed by atoms with E-state index in [0.717, 1.165) is 40.8 Å². The molecule has 112 valence electrons. The van der Waals surface area contributed by atoms with Crippen molar-refractivity contribution in [1.82, 2.24) is 0 Å². The van der Waals surface area contributed by atoms with Crippen LogP contribution in [0.5, 0.6) is 0 Å². The molecule has 0 spiro atoms. The Bertz CT molecular complexity index is 236. The molecule has 0 aromatic carbocycles. The predicted octanol–water partition coefficient (Wildman–Crippen LogP) is 5.72. The SMILES string of the molecule is CCCCCCCC/C=C\CCCCCCC[C](=O)[Na]. The van der Waals surface area contributed by atoms with Crippen LogP contribution in [0, 0.1) is 0 Å². The fraction of sp³-hybridized carbons (Fsp3) is 0.833. The Balaban J connectivity index is 3.07. The van der Waals surface area contributed by atoms with Gasteiger partial charge in [-0.05, 0) is 0 Å². The summed E-state index contributed by atoms with van der Waals surface area (Å²) in [6.45, 7) is 2.27. The van der Waals surface area contributed by atoms with Gasteiger partial charge in [-0.2, -0.15) is 0 Å². The van der Waals surface area contributed by atoms with Crippen LogP contribution in [0.15, 0.2) is 12.2 Å². The predicted molar refractivity (Wildman–Crippen MR) is 90.2 cm³/mol. The molecule has 0 atom stereocenters. The van der Waals surface area contributed by atoms with Crippen LogP contribution >= 0.6 is 0 Å². The number of rotatable bonds is 15. The summed E-state index contributed by atoms with van der Waals surface area (Å²) in [7, 11) is 0. The Morgan fingerprint density at radius 1 is 0.750 bits per heavy atom. The van der Waals surface area contributed by atoms with Crippen molar-refractivity contribution in [3.8, 4) is 0 Å². The van der Waals surface area contributed by atoms with E-state index in [0.29, 0.717) is 3.03 Å². The van der Waals surface area contributed by atoms with Gasteiger partial charge in [0, 0.05) is 0 Å². The summed E-state index contributed by atoms with van der Waals surface area (Å²) in [5.74, 6) is 0. The minimum absolute atomic E-state index is 0.475. The van der Waals surface area contributed by atoms with Gasteiger partial charge in [0.1, 0.15) is 0 Å². The molecule has 0 fully saturated rings. The topological polar surface area (TPSA) is 17.1 Å². The number of allylic oxidation sites excluding steroid dienone is 2. The van der Waals surface area contributed by atoms with Gasteiger partial charge in [-0.15, -0.1) is 0 Å². The Kier molecular flexibility index (Phi) is 17.8. The summed E-state index contributed by atoms with van der Waals surface area (Å²) >= 11 is 0.742. The summed E-state index contributed by atoms with van der Waals surface area (Å²) < 4.78 is 0.475. The Labute approximate surface area is 144 Å². The quantitative estimate of drug-likeness (QED) is 0.214. The van der Waals surface area contributed by atoms with Gasteiger partial charge in [0.15, 0.2) is 0 Å². The molecule has 0 aliphatic rings. The first-order valence-electron chi connectivity index (χ1n) is 8.91. The second-order valence-electron chi connectivity index (χ2n) is 6.04. The summed E-state index contributed by atoms with van der Waals surface area (Å²) in [5, 5.41) is 0. The van der Waals surface area contributed by atoms with E-state index in [1.165, 1.54) is 77.0 Å². The molecule has 0 amide bonds. The summed E-state index contributed by atoms with van der Waals surface area (Å²) in [6.07, 6.45) is 22.8. The van der Waals surface area contributed by atoms with Gasteiger partial charge in [0.25, 0.3) is 0 Å². The zero-order chi connectivity index (χ0) is 14.9. The molecule has 0 unspecified atom stereocenters. The fourth-order valence-electron chi connectivity index (χ4n) is 2.44. The molecule has 0 aromatic heterocycles. The molecule has 0 saturated heterocycles. The van der Waals surface area contributed by atoms with Gasteiger partial charge in [0.2, 0.25) is 0 Å². The van der Waals surface area contributed by atoms with Gasteiger partial charge in [0.05, 0.1) is 0 Å². The van der Waals surface area contributed by atoms with E-state index in [9.17, 15) is 4.79 Å². The average molecular weight is 288 g/mol. The normalized spacial score (nSPS) is 11.3. The van der Waals surface area contributed by atoms with Gasteiger partial charge in [-0.3, -0.25) is 0 Å². The number of hydrogen-bond donors (Lipinski definition) is 0. The minimum atomic E-state index is 0.475. The van der Waals surface area contributed by atoms with Crippen molar-refractivity contribution >= 4 is 31.0 Å². The third-order valence-corrected chi connectivity index (χ3v) is 4.29. The molecule has 1 nitrogen and oxygen atoms in total. The van der Waals surface area contributed by atoms with E-state index in [1.54, 1.807) is 0 Å². The average Bonchev–Trinajstić information content (AvgIpc) is 2.43. The fourth-order valence-corrected chi connectivity index (χ4v) is 2.80. The molecule has 0 bridgehead atoms. The first-order valence-corrected chi connectivity index (χ1v) is 9.91. The van der Waals surface area contributed by atoms with Crippen LogP contribution in [-0.4, -0.2) is 31.0 Å². The summed E-state index contributed by atoms with van der Waals surface area (Å²) in [4.78, 5) is 10.8. The van der Waals surface area contributed by atoms with Crippen LogP contribution in [-0.2, 0) is 4.79 Å². The molecule has 2 heteroatoms. The van der Waals surface area contributed by atoms with E-state index in [4.69, 9.17) is 0 Å². The zero-order valence-electron chi connectivity index (χ0n) is 14.0. The molecule has 20 heavy (non-hydrogen) atoms. The molecule has 0 heterocycles. The molecule has 0 N–H and O–H groups in total.